The van der Waals surface area contributed by atoms with E-state index in [2.05, 4.69) is 15.4 Å². The topological polar surface area (TPSA) is 86.1 Å². The summed E-state index contributed by atoms with van der Waals surface area (Å²) < 4.78 is 6.76. The van der Waals surface area contributed by atoms with E-state index in [0.29, 0.717) is 11.5 Å². The highest BCUT2D eigenvalue weighted by Gasteiger charge is 2.21. The third kappa shape index (κ3) is 4.73. The zero-order chi connectivity index (χ0) is 22.5. The van der Waals surface area contributed by atoms with E-state index in [0.717, 1.165) is 22.4 Å². The molecule has 0 spiro atoms. The number of hydrogen-bond donors (Lipinski definition) is 1. The lowest BCUT2D eigenvalue weighted by atomic mass is 10.1. The number of nitrogens with zero attached hydrogens (tertiary/aromatic N) is 3. The molecule has 1 amide bonds. The average Bonchev–Trinajstić information content (AvgIpc) is 3.26. The first-order chi connectivity index (χ1) is 15.5. The van der Waals surface area contributed by atoms with Crippen molar-refractivity contribution in [1.29, 1.82) is 0 Å². The molecule has 0 saturated carbocycles. The maximum absolute atomic E-state index is 12.6. The molecule has 32 heavy (non-hydrogen) atoms. The Kier molecular flexibility index (Phi) is 6.07. The van der Waals surface area contributed by atoms with Gasteiger partial charge >= 0.3 is 5.97 Å². The van der Waals surface area contributed by atoms with E-state index in [1.165, 1.54) is 0 Å². The fourth-order valence-electron chi connectivity index (χ4n) is 3.26. The first kappa shape index (κ1) is 21.0. The van der Waals surface area contributed by atoms with Crippen LogP contribution in [-0.4, -0.2) is 33.2 Å². The lowest BCUT2D eigenvalue weighted by Crippen LogP contribution is -2.22. The molecule has 0 atom stereocenters. The Hall–Kier alpha value is -4.26. The SMILES string of the molecule is Cc1ccc(NC(=O)COC(=O)c2nc(-c3ccccc3)n(-c3ccccc3)n2)c(C)c1. The number of carbonyl (C=O) groups is 2. The number of hydrogen-bond acceptors (Lipinski definition) is 5. The number of amides is 1. The summed E-state index contributed by atoms with van der Waals surface area (Å²) in [6, 6.07) is 24.5. The van der Waals surface area contributed by atoms with Crippen LogP contribution in [-0.2, 0) is 9.53 Å². The molecule has 0 aliphatic rings. The number of anilines is 1. The van der Waals surface area contributed by atoms with E-state index in [-0.39, 0.29) is 5.82 Å². The highest BCUT2D eigenvalue weighted by molar-refractivity contribution is 5.95. The van der Waals surface area contributed by atoms with Crippen molar-refractivity contribution in [3.63, 3.8) is 0 Å². The quantitative estimate of drug-likeness (QED) is 0.464. The van der Waals surface area contributed by atoms with Gasteiger partial charge in [-0.1, -0.05) is 66.2 Å². The Morgan fingerprint density at radius 3 is 2.31 bits per heavy atom. The van der Waals surface area contributed by atoms with E-state index in [1.807, 2.05) is 92.7 Å². The molecular formula is C25H22N4O3. The van der Waals surface area contributed by atoms with Crippen LogP contribution in [0.5, 0.6) is 0 Å². The van der Waals surface area contributed by atoms with Crippen molar-refractivity contribution in [2.45, 2.75) is 13.8 Å². The number of para-hydroxylation sites is 1. The zero-order valence-corrected chi connectivity index (χ0v) is 17.8. The van der Waals surface area contributed by atoms with E-state index in [9.17, 15) is 9.59 Å². The van der Waals surface area contributed by atoms with Crippen LogP contribution in [0.1, 0.15) is 21.7 Å². The molecule has 0 saturated heterocycles. The summed E-state index contributed by atoms with van der Waals surface area (Å²) in [5, 5.41) is 7.09. The van der Waals surface area contributed by atoms with E-state index < -0.39 is 18.5 Å². The predicted octanol–water partition coefficient (Wildman–Crippen LogP) is 4.35. The third-order valence-electron chi connectivity index (χ3n) is 4.81. The van der Waals surface area contributed by atoms with Crippen molar-refractivity contribution < 1.29 is 14.3 Å². The van der Waals surface area contributed by atoms with Crippen LogP contribution in [0, 0.1) is 13.8 Å². The molecule has 0 aliphatic carbocycles. The molecule has 0 radical (unpaired) electrons. The first-order valence-electron chi connectivity index (χ1n) is 10.1. The molecule has 3 aromatic carbocycles. The molecule has 4 aromatic rings. The molecule has 1 N–H and O–H groups in total. The molecule has 0 bridgehead atoms. The van der Waals surface area contributed by atoms with Crippen LogP contribution < -0.4 is 5.32 Å². The summed E-state index contributed by atoms with van der Waals surface area (Å²) in [6.45, 7) is 3.44. The molecule has 1 aromatic heterocycles. The van der Waals surface area contributed by atoms with Crippen molar-refractivity contribution in [2.75, 3.05) is 11.9 Å². The maximum Gasteiger partial charge on any atom is 0.378 e. The number of esters is 1. The second-order valence-electron chi connectivity index (χ2n) is 7.32. The number of carbonyl (C=O) groups excluding carboxylic acids is 2. The van der Waals surface area contributed by atoms with Crippen molar-refractivity contribution in [3.05, 3.63) is 95.8 Å². The number of benzene rings is 3. The minimum Gasteiger partial charge on any atom is -0.450 e. The van der Waals surface area contributed by atoms with Gasteiger partial charge in [0.25, 0.3) is 11.7 Å². The van der Waals surface area contributed by atoms with Crippen molar-refractivity contribution >= 4 is 17.6 Å². The van der Waals surface area contributed by atoms with Gasteiger partial charge in [-0.15, -0.1) is 5.10 Å². The Labute approximate surface area is 185 Å². The normalized spacial score (nSPS) is 10.6. The Morgan fingerprint density at radius 2 is 1.62 bits per heavy atom. The summed E-state index contributed by atoms with van der Waals surface area (Å²) in [5.41, 5.74) is 4.26. The Morgan fingerprint density at radius 1 is 0.938 bits per heavy atom. The Balaban J connectivity index is 1.51. The minimum absolute atomic E-state index is 0.118. The van der Waals surface area contributed by atoms with Crippen LogP contribution in [0.2, 0.25) is 0 Å². The molecule has 7 nitrogen and oxygen atoms in total. The summed E-state index contributed by atoms with van der Waals surface area (Å²) in [4.78, 5) is 29.3. The van der Waals surface area contributed by atoms with Crippen molar-refractivity contribution in [3.8, 4) is 17.1 Å². The van der Waals surface area contributed by atoms with Crippen molar-refractivity contribution in [2.24, 2.45) is 0 Å². The molecule has 0 fully saturated rings. The van der Waals surface area contributed by atoms with Gasteiger partial charge in [0.05, 0.1) is 5.69 Å². The number of rotatable bonds is 6. The Bertz CT molecular complexity index is 1190. The molecule has 4 rings (SSSR count). The lowest BCUT2D eigenvalue weighted by Gasteiger charge is -2.09. The van der Waals surface area contributed by atoms with Gasteiger partial charge in [0.2, 0.25) is 0 Å². The van der Waals surface area contributed by atoms with Gasteiger partial charge < -0.3 is 10.1 Å². The summed E-state index contributed by atoms with van der Waals surface area (Å²) >= 11 is 0. The van der Waals surface area contributed by atoms with Gasteiger partial charge in [-0.3, -0.25) is 4.79 Å². The predicted molar refractivity (Wildman–Crippen MR) is 122 cm³/mol. The van der Waals surface area contributed by atoms with Gasteiger partial charge in [-0.25, -0.2) is 14.5 Å². The molecular weight excluding hydrogens is 404 g/mol. The average molecular weight is 426 g/mol. The largest absolute Gasteiger partial charge is 0.450 e. The minimum atomic E-state index is -0.771. The summed E-state index contributed by atoms with van der Waals surface area (Å²) in [6.07, 6.45) is 0. The first-order valence-corrected chi connectivity index (χ1v) is 10.1. The van der Waals surface area contributed by atoms with Gasteiger partial charge in [-0.2, -0.15) is 0 Å². The fraction of sp³-hybridized carbons (Fsp3) is 0.120. The van der Waals surface area contributed by atoms with Gasteiger partial charge in [-0.05, 0) is 37.6 Å². The standard InChI is InChI=1S/C25H22N4O3/c1-17-13-14-21(18(2)15-17)26-22(30)16-32-25(31)23-27-24(19-9-5-3-6-10-19)29(28-23)20-11-7-4-8-12-20/h3-15H,16H2,1-2H3,(H,26,30). The van der Waals surface area contributed by atoms with E-state index in [1.54, 1.807) is 4.68 Å². The summed E-state index contributed by atoms with van der Waals surface area (Å²) in [5.74, 6) is -0.820. The second kappa shape index (κ2) is 9.26. The number of aromatic nitrogens is 3. The molecule has 7 heteroatoms. The van der Waals surface area contributed by atoms with Gasteiger partial charge in [0.15, 0.2) is 12.4 Å². The van der Waals surface area contributed by atoms with Crippen LogP contribution in [0.25, 0.3) is 17.1 Å². The number of ether oxygens (including phenoxy) is 1. The maximum atomic E-state index is 12.6. The smallest absolute Gasteiger partial charge is 0.378 e. The highest BCUT2D eigenvalue weighted by atomic mass is 16.5. The molecule has 0 aliphatic heterocycles. The number of aryl methyl sites for hydroxylation is 2. The van der Waals surface area contributed by atoms with E-state index in [4.69, 9.17) is 4.74 Å². The third-order valence-corrected chi connectivity index (χ3v) is 4.81. The lowest BCUT2D eigenvalue weighted by molar-refractivity contribution is -0.119. The fourth-order valence-corrected chi connectivity index (χ4v) is 3.26. The molecule has 0 unspecified atom stereocenters. The van der Waals surface area contributed by atoms with Crippen LogP contribution in [0.3, 0.4) is 0 Å². The molecule has 160 valence electrons. The molecule has 1 heterocycles. The van der Waals surface area contributed by atoms with Gasteiger partial charge in [0, 0.05) is 11.3 Å². The second-order valence-corrected chi connectivity index (χ2v) is 7.32. The van der Waals surface area contributed by atoms with Crippen LogP contribution >= 0.6 is 0 Å². The van der Waals surface area contributed by atoms with Crippen LogP contribution in [0.4, 0.5) is 5.69 Å². The van der Waals surface area contributed by atoms with E-state index >= 15 is 0 Å². The van der Waals surface area contributed by atoms with Crippen molar-refractivity contribution in [1.82, 2.24) is 14.8 Å². The van der Waals surface area contributed by atoms with Crippen LogP contribution in [0.15, 0.2) is 78.9 Å². The highest BCUT2D eigenvalue weighted by Crippen LogP contribution is 2.21. The number of nitrogens with one attached hydrogen (secondary N) is 1. The summed E-state index contributed by atoms with van der Waals surface area (Å²) in [7, 11) is 0. The monoisotopic (exact) mass is 426 g/mol. The zero-order valence-electron chi connectivity index (χ0n) is 17.8. The van der Waals surface area contributed by atoms with Gasteiger partial charge in [0.1, 0.15) is 0 Å².